The molecule has 0 fully saturated rings. The van der Waals surface area contributed by atoms with Crippen LogP contribution in [0, 0.1) is 6.92 Å². The number of benzene rings is 1. The largest absolute Gasteiger partial charge is 0.306 e. The molecule has 128 valence electrons. The van der Waals surface area contributed by atoms with E-state index in [-0.39, 0.29) is 10.5 Å². The fraction of sp³-hybridized carbons (Fsp3) is 0.294. The Balaban J connectivity index is 2.27. The molecule has 0 saturated heterocycles. The summed E-state index contributed by atoms with van der Waals surface area (Å²) in [6.07, 6.45) is 1.58. The molecule has 0 saturated carbocycles. The number of amides is 1. The number of rotatable bonds is 4. The highest BCUT2D eigenvalue weighted by atomic mass is 32.2. The molecule has 2 N–H and O–H groups in total. The number of nitrogens with one attached hydrogen (secondary N) is 2. The molecule has 0 unspecified atom stereocenters. The van der Waals surface area contributed by atoms with E-state index in [1.165, 1.54) is 18.2 Å². The van der Waals surface area contributed by atoms with Gasteiger partial charge in [-0.25, -0.2) is 18.1 Å². The van der Waals surface area contributed by atoms with Gasteiger partial charge in [0.25, 0.3) is 5.91 Å². The highest BCUT2D eigenvalue weighted by molar-refractivity contribution is 7.89. The first-order valence-electron chi connectivity index (χ1n) is 7.45. The van der Waals surface area contributed by atoms with Crippen LogP contribution < -0.4 is 10.0 Å². The van der Waals surface area contributed by atoms with Crippen molar-refractivity contribution in [2.24, 2.45) is 0 Å². The molecular weight excluding hydrogens is 326 g/mol. The van der Waals surface area contributed by atoms with Crippen molar-refractivity contribution in [1.82, 2.24) is 9.71 Å². The van der Waals surface area contributed by atoms with E-state index in [0.29, 0.717) is 5.82 Å². The zero-order valence-corrected chi connectivity index (χ0v) is 14.9. The molecule has 0 aliphatic heterocycles. The minimum Gasteiger partial charge on any atom is -0.306 e. The quantitative estimate of drug-likeness (QED) is 0.890. The number of anilines is 1. The molecular formula is C17H21N3O3S. The van der Waals surface area contributed by atoms with E-state index in [2.05, 4.69) is 15.0 Å². The topological polar surface area (TPSA) is 88.2 Å². The Kier molecular flexibility index (Phi) is 5.05. The van der Waals surface area contributed by atoms with Crippen LogP contribution in [0.5, 0.6) is 0 Å². The normalized spacial score (nSPS) is 12.0. The molecule has 0 bridgehead atoms. The smallest absolute Gasteiger partial charge is 0.256 e. The summed E-state index contributed by atoms with van der Waals surface area (Å²) in [7, 11) is -3.70. The van der Waals surface area contributed by atoms with Gasteiger partial charge in [0.05, 0.1) is 4.90 Å². The summed E-state index contributed by atoms with van der Waals surface area (Å²) in [6.45, 7) is 7.09. The Bertz CT molecular complexity index is 855. The lowest BCUT2D eigenvalue weighted by molar-refractivity contribution is 0.102. The third-order valence-electron chi connectivity index (χ3n) is 3.09. The van der Waals surface area contributed by atoms with Crippen LogP contribution >= 0.6 is 0 Å². The van der Waals surface area contributed by atoms with Crippen molar-refractivity contribution in [3.05, 3.63) is 53.7 Å². The lowest BCUT2D eigenvalue weighted by Gasteiger charge is -2.20. The third-order valence-corrected chi connectivity index (χ3v) is 4.84. The molecule has 1 aromatic carbocycles. The van der Waals surface area contributed by atoms with E-state index in [1.54, 1.807) is 39.1 Å². The second kappa shape index (κ2) is 6.70. The monoisotopic (exact) mass is 347 g/mol. The Morgan fingerprint density at radius 2 is 1.83 bits per heavy atom. The fourth-order valence-corrected chi connectivity index (χ4v) is 3.53. The molecule has 1 amide bonds. The summed E-state index contributed by atoms with van der Waals surface area (Å²) in [5.41, 5.74) is 0.461. The highest BCUT2D eigenvalue weighted by Gasteiger charge is 2.22. The summed E-state index contributed by atoms with van der Waals surface area (Å²) in [5, 5.41) is 2.69. The standard InChI is InChI=1S/C17H21N3O3S/c1-12-7-6-10-18-15(12)19-16(21)13-8-5-9-14(11-13)24(22,23)20-17(2,3)4/h5-11,20H,1-4H3,(H,18,19,21). The van der Waals surface area contributed by atoms with Gasteiger partial charge in [0.2, 0.25) is 10.0 Å². The summed E-state index contributed by atoms with van der Waals surface area (Å²) < 4.78 is 27.3. The van der Waals surface area contributed by atoms with Crippen LogP contribution in [0.2, 0.25) is 0 Å². The summed E-state index contributed by atoms with van der Waals surface area (Å²) >= 11 is 0. The zero-order chi connectivity index (χ0) is 18.0. The molecule has 0 spiro atoms. The predicted molar refractivity (Wildman–Crippen MR) is 93.4 cm³/mol. The average Bonchev–Trinajstić information content (AvgIpc) is 2.47. The number of carbonyl (C=O) groups excluding carboxylic acids is 1. The van der Waals surface area contributed by atoms with Crippen LogP contribution in [-0.2, 0) is 10.0 Å². The van der Waals surface area contributed by atoms with Crippen LogP contribution in [0.1, 0.15) is 36.7 Å². The molecule has 2 aromatic rings. The number of sulfonamides is 1. The second-order valence-corrected chi connectivity index (χ2v) is 8.19. The van der Waals surface area contributed by atoms with Gasteiger partial charge in [-0.05, 0) is 57.5 Å². The summed E-state index contributed by atoms with van der Waals surface area (Å²) in [4.78, 5) is 16.5. The van der Waals surface area contributed by atoms with Gasteiger partial charge >= 0.3 is 0 Å². The third kappa shape index (κ3) is 4.62. The van der Waals surface area contributed by atoms with Gasteiger partial charge < -0.3 is 5.32 Å². The molecule has 24 heavy (non-hydrogen) atoms. The Hall–Kier alpha value is -2.25. The predicted octanol–water partition coefficient (Wildman–Crippen LogP) is 2.72. The number of nitrogens with zero attached hydrogens (tertiary/aromatic N) is 1. The van der Waals surface area contributed by atoms with Gasteiger partial charge in [-0.2, -0.15) is 0 Å². The first kappa shape index (κ1) is 18.1. The maximum absolute atomic E-state index is 12.4. The van der Waals surface area contributed by atoms with Crippen LogP contribution in [0.15, 0.2) is 47.5 Å². The first-order chi connectivity index (χ1) is 11.1. The molecule has 0 atom stereocenters. The van der Waals surface area contributed by atoms with Gasteiger partial charge in [-0.15, -0.1) is 0 Å². The van der Waals surface area contributed by atoms with E-state index in [1.807, 2.05) is 13.0 Å². The Labute approximate surface area is 142 Å². The Morgan fingerprint density at radius 3 is 2.46 bits per heavy atom. The molecule has 1 aromatic heterocycles. The lowest BCUT2D eigenvalue weighted by Crippen LogP contribution is -2.40. The van der Waals surface area contributed by atoms with Crippen molar-refractivity contribution in [1.29, 1.82) is 0 Å². The van der Waals surface area contributed by atoms with Crippen molar-refractivity contribution in [3.8, 4) is 0 Å². The Morgan fingerprint density at radius 1 is 1.12 bits per heavy atom. The highest BCUT2D eigenvalue weighted by Crippen LogP contribution is 2.16. The van der Waals surface area contributed by atoms with Gasteiger partial charge in [-0.1, -0.05) is 12.1 Å². The summed E-state index contributed by atoms with van der Waals surface area (Å²) in [5.74, 6) is 0.0354. The van der Waals surface area contributed by atoms with Crippen LogP contribution in [0.25, 0.3) is 0 Å². The van der Waals surface area contributed by atoms with Crippen LogP contribution in [0.4, 0.5) is 5.82 Å². The van der Waals surface area contributed by atoms with E-state index in [4.69, 9.17) is 0 Å². The molecule has 0 radical (unpaired) electrons. The van der Waals surface area contributed by atoms with Gasteiger partial charge in [0.1, 0.15) is 5.82 Å². The van der Waals surface area contributed by atoms with Crippen molar-refractivity contribution >= 4 is 21.7 Å². The molecule has 2 rings (SSSR count). The average molecular weight is 347 g/mol. The maximum atomic E-state index is 12.4. The molecule has 7 heteroatoms. The number of hydrogen-bond donors (Lipinski definition) is 2. The minimum absolute atomic E-state index is 0.0443. The number of aromatic nitrogens is 1. The van der Waals surface area contributed by atoms with Gasteiger partial charge in [0.15, 0.2) is 0 Å². The molecule has 0 aliphatic carbocycles. The molecule has 6 nitrogen and oxygen atoms in total. The summed E-state index contributed by atoms with van der Waals surface area (Å²) in [6, 6.07) is 9.51. The fourth-order valence-electron chi connectivity index (χ4n) is 2.06. The minimum atomic E-state index is -3.70. The number of carbonyl (C=O) groups is 1. The van der Waals surface area contributed by atoms with Gasteiger partial charge in [-0.3, -0.25) is 4.79 Å². The van der Waals surface area contributed by atoms with Crippen molar-refractivity contribution in [2.75, 3.05) is 5.32 Å². The van der Waals surface area contributed by atoms with Crippen LogP contribution in [0.3, 0.4) is 0 Å². The van der Waals surface area contributed by atoms with E-state index < -0.39 is 21.5 Å². The van der Waals surface area contributed by atoms with Crippen molar-refractivity contribution in [3.63, 3.8) is 0 Å². The lowest BCUT2D eigenvalue weighted by atomic mass is 10.1. The molecule has 0 aliphatic rings. The van der Waals surface area contributed by atoms with E-state index in [9.17, 15) is 13.2 Å². The number of aryl methyl sites for hydroxylation is 1. The van der Waals surface area contributed by atoms with Crippen LogP contribution in [-0.4, -0.2) is 24.8 Å². The second-order valence-electron chi connectivity index (χ2n) is 6.51. The van der Waals surface area contributed by atoms with E-state index in [0.717, 1.165) is 5.56 Å². The zero-order valence-electron chi connectivity index (χ0n) is 14.1. The SMILES string of the molecule is Cc1cccnc1NC(=O)c1cccc(S(=O)(=O)NC(C)(C)C)c1. The number of pyridine rings is 1. The number of hydrogen-bond acceptors (Lipinski definition) is 4. The van der Waals surface area contributed by atoms with E-state index >= 15 is 0 Å². The van der Waals surface area contributed by atoms with Crippen molar-refractivity contribution in [2.45, 2.75) is 38.1 Å². The van der Waals surface area contributed by atoms with Gasteiger partial charge in [0, 0.05) is 17.3 Å². The maximum Gasteiger partial charge on any atom is 0.256 e. The first-order valence-corrected chi connectivity index (χ1v) is 8.94. The molecule has 1 heterocycles. The van der Waals surface area contributed by atoms with Crippen molar-refractivity contribution < 1.29 is 13.2 Å².